The summed E-state index contributed by atoms with van der Waals surface area (Å²) in [6, 6.07) is 7.81. The molecule has 0 bridgehead atoms. The number of likely N-dealkylation sites (N-methyl/N-ethyl adjacent to an activating group) is 1. The number of anilines is 2. The van der Waals surface area contributed by atoms with E-state index in [4.69, 9.17) is 43.4 Å². The molecule has 3 unspecified atom stereocenters. The van der Waals surface area contributed by atoms with Gasteiger partial charge in [-0.3, -0.25) is 62.6 Å². The highest BCUT2D eigenvalue weighted by molar-refractivity contribution is 8.00. The molecule has 1 fully saturated rings. The molecule has 10 amide bonds. The summed E-state index contributed by atoms with van der Waals surface area (Å²) in [5.41, 5.74) is 32.8. The first-order chi connectivity index (χ1) is 49.7. The van der Waals surface area contributed by atoms with E-state index in [0.29, 0.717) is 61.6 Å². The van der Waals surface area contributed by atoms with Gasteiger partial charge in [-0.15, -0.1) is 11.8 Å². The number of primary amides is 1. The molecule has 33 nitrogen and oxygen atoms in total. The fourth-order valence-corrected chi connectivity index (χ4v) is 12.6. The number of amides is 10. The number of esters is 1. The fourth-order valence-electron chi connectivity index (χ4n) is 11.5. The summed E-state index contributed by atoms with van der Waals surface area (Å²) in [6.07, 6.45) is 4.45. The fraction of sp³-hybridized carbons (Fsp3) is 0.557. The van der Waals surface area contributed by atoms with Gasteiger partial charge in [-0.2, -0.15) is 9.97 Å². The molecule has 0 radical (unpaired) electrons. The highest BCUT2D eigenvalue weighted by Gasteiger charge is 2.41. The largest absolute Gasteiger partial charge is 0.463 e. The summed E-state index contributed by atoms with van der Waals surface area (Å²) >= 11 is 0.934. The molecule has 1 saturated heterocycles. The van der Waals surface area contributed by atoms with Crippen LogP contribution < -0.4 is 76.5 Å². The molecule has 0 spiro atoms. The molecule has 5 aromatic rings. The number of carbonyl (C=O) groups excluding carboxylic acids is 11. The van der Waals surface area contributed by atoms with Crippen molar-refractivity contribution in [3.05, 3.63) is 78.2 Å². The average Bonchev–Trinajstić information content (AvgIpc) is 1.63. The normalized spacial score (nSPS) is 15.8. The number of ether oxygens (including phenoxy) is 1. The van der Waals surface area contributed by atoms with E-state index in [1.165, 1.54) is 7.05 Å². The Morgan fingerprint density at radius 2 is 1.32 bits per heavy atom. The predicted octanol–water partition coefficient (Wildman–Crippen LogP) is 1.25. The van der Waals surface area contributed by atoms with E-state index < -0.39 is 137 Å². The van der Waals surface area contributed by atoms with E-state index >= 15 is 0 Å². The number of hydrogen-bond acceptors (Lipinski definition) is 21. The topological polar surface area (TPSA) is 510 Å². The van der Waals surface area contributed by atoms with Crippen LogP contribution in [-0.2, 0) is 70.4 Å². The molecule has 11 atom stereocenters. The maximum atomic E-state index is 14.6. The Morgan fingerprint density at radius 1 is 0.712 bits per heavy atom. The van der Waals surface area contributed by atoms with Crippen LogP contribution in [0.2, 0.25) is 0 Å². The zero-order valence-corrected chi connectivity index (χ0v) is 61.4. The third-order valence-electron chi connectivity index (χ3n) is 18.1. The number of hydrogen-bond donors (Lipinski definition) is 15. The number of likely N-dealkylation sites (tertiary alicyclic amines) is 1. The van der Waals surface area contributed by atoms with Crippen molar-refractivity contribution in [1.29, 1.82) is 0 Å². The number of guanidine groups is 1. The van der Waals surface area contributed by atoms with Crippen LogP contribution in [-0.4, -0.2) is 193 Å². The monoisotopic (exact) mass is 1460 g/mol. The number of unbranched alkanes of at least 4 members (excludes halogenated alkanes) is 1. The van der Waals surface area contributed by atoms with Crippen molar-refractivity contribution < 1.29 is 57.5 Å². The van der Waals surface area contributed by atoms with E-state index in [-0.39, 0.29) is 88.9 Å². The van der Waals surface area contributed by atoms with Crippen LogP contribution in [0.3, 0.4) is 0 Å². The van der Waals surface area contributed by atoms with E-state index in [1.807, 2.05) is 86.9 Å². The Hall–Kier alpha value is -9.96. The number of nitrogens with zero attached hydrogens (tertiary/aromatic N) is 6. The first-order valence-corrected chi connectivity index (χ1v) is 36.5. The molecule has 0 saturated carbocycles. The maximum absolute atomic E-state index is 14.6. The quantitative estimate of drug-likeness (QED) is 0.00857. The van der Waals surface area contributed by atoms with Crippen LogP contribution in [0.1, 0.15) is 143 Å². The molecule has 4 heterocycles. The van der Waals surface area contributed by atoms with Gasteiger partial charge in [0, 0.05) is 74.8 Å². The van der Waals surface area contributed by atoms with Gasteiger partial charge in [0.1, 0.15) is 42.9 Å². The number of benzene rings is 2. The van der Waals surface area contributed by atoms with Crippen molar-refractivity contribution in [1.82, 2.24) is 66.6 Å². The smallest absolute Gasteiger partial charge is 0.307 e. The molecular formula is C70H105N21O12S. The highest BCUT2D eigenvalue weighted by atomic mass is 32.2. The van der Waals surface area contributed by atoms with Crippen LogP contribution >= 0.6 is 11.8 Å². The van der Waals surface area contributed by atoms with Gasteiger partial charge in [-0.1, -0.05) is 96.0 Å². The third kappa shape index (κ3) is 24.6. The minimum atomic E-state index is -1.55. The van der Waals surface area contributed by atoms with Crippen molar-refractivity contribution in [2.75, 3.05) is 49.7 Å². The van der Waals surface area contributed by atoms with E-state index in [1.54, 1.807) is 33.3 Å². The number of imidazole rings is 1. The number of nitrogens with one attached hydrogen (secondary N) is 10. The Balaban J connectivity index is 1.06. The van der Waals surface area contributed by atoms with Crippen molar-refractivity contribution in [3.63, 3.8) is 0 Å². The summed E-state index contributed by atoms with van der Waals surface area (Å²) in [4.78, 5) is 174. The van der Waals surface area contributed by atoms with Crippen LogP contribution in [0, 0.1) is 11.8 Å². The number of aromatic amines is 1. The second-order valence-corrected chi connectivity index (χ2v) is 27.5. The number of aliphatic imine (C=N–C) groups is 1. The van der Waals surface area contributed by atoms with Gasteiger partial charge in [-0.05, 0) is 94.4 Å². The molecule has 2 aromatic carbocycles. The molecule has 1 aliphatic rings. The molecule has 0 aliphatic carbocycles. The lowest BCUT2D eigenvalue weighted by Crippen LogP contribution is -2.61. The Morgan fingerprint density at radius 3 is 1.93 bits per heavy atom. The Bertz CT molecular complexity index is 3770. The van der Waals surface area contributed by atoms with Crippen molar-refractivity contribution in [2.24, 2.45) is 45.5 Å². The Kier molecular flexibility index (Phi) is 33.0. The van der Waals surface area contributed by atoms with E-state index in [2.05, 4.69) is 62.8 Å². The molecule has 6 rings (SSSR count). The molecular weight excluding hydrogens is 1360 g/mol. The van der Waals surface area contributed by atoms with Gasteiger partial charge >= 0.3 is 5.97 Å². The van der Waals surface area contributed by atoms with E-state index in [9.17, 15) is 52.7 Å². The lowest BCUT2D eigenvalue weighted by molar-refractivity contribution is -0.146. The predicted molar refractivity (Wildman–Crippen MR) is 396 cm³/mol. The number of thioether (sulfide) groups is 1. The summed E-state index contributed by atoms with van der Waals surface area (Å²) in [7, 11) is 1.45. The lowest BCUT2D eigenvalue weighted by Gasteiger charge is -2.30. The van der Waals surface area contributed by atoms with Gasteiger partial charge in [0.2, 0.25) is 65.0 Å². The van der Waals surface area contributed by atoms with Gasteiger partial charge in [0.15, 0.2) is 22.9 Å². The summed E-state index contributed by atoms with van der Waals surface area (Å²) < 4.78 is 7.55. The summed E-state index contributed by atoms with van der Waals surface area (Å²) in [5.74, 6) is -8.64. The van der Waals surface area contributed by atoms with Gasteiger partial charge in [0.05, 0.1) is 30.1 Å². The molecule has 104 heavy (non-hydrogen) atoms. The minimum absolute atomic E-state index is 0.0132. The second-order valence-electron chi connectivity index (χ2n) is 26.3. The minimum Gasteiger partial charge on any atom is -0.463 e. The zero-order chi connectivity index (χ0) is 76.2. The Labute approximate surface area is 609 Å². The number of fused-ring (bicyclic) bond motifs is 2. The number of aromatic nitrogens is 5. The number of H-pyrrole nitrogens is 1. The molecule has 3 aromatic heterocycles. The summed E-state index contributed by atoms with van der Waals surface area (Å²) in [6.45, 7) is 13.4. The molecule has 20 N–H and O–H groups in total. The van der Waals surface area contributed by atoms with Gasteiger partial charge in [-0.25, -0.2) is 4.98 Å². The highest BCUT2D eigenvalue weighted by Crippen LogP contribution is 2.28. The van der Waals surface area contributed by atoms with Crippen molar-refractivity contribution in [2.45, 2.75) is 198 Å². The third-order valence-corrected chi connectivity index (χ3v) is 19.5. The number of imide groups is 1. The number of para-hydroxylation sites is 1. The first kappa shape index (κ1) is 83.0. The van der Waals surface area contributed by atoms with Gasteiger partial charge in [0.25, 0.3) is 0 Å². The first-order valence-electron chi connectivity index (χ1n) is 35.5. The number of rotatable bonds is 45. The maximum Gasteiger partial charge on any atom is 0.307 e. The van der Waals surface area contributed by atoms with Crippen LogP contribution in [0.4, 0.5) is 11.8 Å². The molecule has 1 aliphatic heterocycles. The zero-order valence-electron chi connectivity index (χ0n) is 60.6. The van der Waals surface area contributed by atoms with Crippen molar-refractivity contribution in [3.8, 4) is 0 Å². The second kappa shape index (κ2) is 41.4. The molecule has 34 heteroatoms. The summed E-state index contributed by atoms with van der Waals surface area (Å²) in [5, 5.41) is 25.5. The van der Waals surface area contributed by atoms with Crippen molar-refractivity contribution >= 4 is 117 Å². The standard InChI is InChI=1S/C70H105N21O12S/c1-9-40(6)56(66(100)84-48(24-17-18-29-71)64(98)86-57(41(7)10-2)67(101)85-51(62(96)76-8)32-43-35-78-47-23-16-15-22-45(43)47)87-65(99)50(26-27-53(73)92)83-63(97)49(25-19-30-77-69(74)75)82-61(95)46(72)37-104-52-33-54(93)90(68(52)102)31-28-55(94)103-36-44(11-3)81-70-88-59(79-34-42-20-13-12-14-21-42)58-60(89-70)91(38-80-58)39(4)5/h12-16,20-23,35,38-41,44,46,48-52,56-57,78H,9-11,17-19,24-34,36-37,71-72H2,1-8H3,(H2,73,92)(H,76,96)(H,82,95)(H,83,97)(H,84,100)(H,85,101)(H,86,98)(H,87,99)(H4,74,75,77)(H2,79,81,88,89)/t40?,41?,44-,46+,48+,49+,50+,51+,52?,56+,57+/m1/s1. The number of nitrogens with two attached hydrogens (primary N) is 5. The number of carbonyl (C=O) groups is 11. The average molecular weight is 1460 g/mol. The lowest BCUT2D eigenvalue weighted by atomic mass is 9.95. The van der Waals surface area contributed by atoms with Crippen LogP contribution in [0.25, 0.3) is 22.1 Å². The SMILES string of the molecule is CCC(C)[C@H](NC(=O)[C@H](CCCCN)NC(=O)[C@@H](NC(=O)[C@H](CCC(N)=O)NC(=O)[C@H](CCCN=C(N)N)NC(=O)[C@@H](N)CSC1CC(=O)N(CCC(=O)OC[C@@H](CC)Nc2nc(NCc3ccccc3)c3ncn(C(C)C)c3n2)C1=O)C(C)CC)C(=O)N[C@@H](Cc1c[nH]c2ccccc12)C(=O)NC. The van der Waals surface area contributed by atoms with E-state index in [0.717, 1.165) is 38.7 Å². The van der Waals surface area contributed by atoms with Crippen LogP contribution in [0.5, 0.6) is 0 Å². The van der Waals surface area contributed by atoms with Crippen LogP contribution in [0.15, 0.2) is 72.1 Å². The van der Waals surface area contributed by atoms with Gasteiger partial charge < -0.3 is 90.8 Å². The molecule has 568 valence electrons.